The molecule has 0 radical (unpaired) electrons. The molecule has 1 atom stereocenters. The Bertz CT molecular complexity index is 473. The zero-order chi connectivity index (χ0) is 14.0. The summed E-state index contributed by atoms with van der Waals surface area (Å²) in [5.41, 5.74) is -0.0335. The molecule has 1 aromatic carbocycles. The molecule has 0 saturated carbocycles. The van der Waals surface area contributed by atoms with E-state index in [-0.39, 0.29) is 22.7 Å². The van der Waals surface area contributed by atoms with Crippen molar-refractivity contribution in [1.29, 1.82) is 0 Å². The van der Waals surface area contributed by atoms with E-state index in [1.807, 2.05) is 6.92 Å². The van der Waals surface area contributed by atoms with Crippen LogP contribution >= 0.6 is 11.6 Å². The highest BCUT2D eigenvalue weighted by molar-refractivity contribution is 6.34. The van der Waals surface area contributed by atoms with Gasteiger partial charge in [-0.3, -0.25) is 4.79 Å². The number of rotatable bonds is 4. The van der Waals surface area contributed by atoms with Gasteiger partial charge < -0.3 is 10.2 Å². The summed E-state index contributed by atoms with van der Waals surface area (Å²) in [7, 11) is 0. The van der Waals surface area contributed by atoms with E-state index in [2.05, 4.69) is 5.32 Å². The molecule has 6 heteroatoms. The molecule has 1 heterocycles. The number of benzene rings is 1. The van der Waals surface area contributed by atoms with Crippen LogP contribution in [0.4, 0.5) is 14.5 Å². The molecule has 1 aromatic rings. The molecule has 2 rings (SSSR count). The van der Waals surface area contributed by atoms with Crippen molar-refractivity contribution in [3.8, 4) is 0 Å². The Morgan fingerprint density at radius 3 is 2.84 bits per heavy atom. The lowest BCUT2D eigenvalue weighted by Gasteiger charge is -2.19. The van der Waals surface area contributed by atoms with E-state index in [4.69, 9.17) is 11.6 Å². The third-order valence-corrected chi connectivity index (χ3v) is 3.39. The Morgan fingerprint density at radius 2 is 2.21 bits per heavy atom. The minimum atomic E-state index is -0.811. The first-order chi connectivity index (χ1) is 9.04. The summed E-state index contributed by atoms with van der Waals surface area (Å²) < 4.78 is 26.8. The first-order valence-electron chi connectivity index (χ1n) is 6.24. The Morgan fingerprint density at radius 1 is 1.47 bits per heavy atom. The molecule has 1 N–H and O–H groups in total. The van der Waals surface area contributed by atoms with Gasteiger partial charge in [-0.15, -0.1) is 0 Å². The van der Waals surface area contributed by atoms with Crippen molar-refractivity contribution < 1.29 is 13.6 Å². The summed E-state index contributed by atoms with van der Waals surface area (Å²) in [6, 6.07) is 1.43. The van der Waals surface area contributed by atoms with Crippen LogP contribution < -0.4 is 10.2 Å². The number of anilines is 1. The van der Waals surface area contributed by atoms with Gasteiger partial charge in [-0.1, -0.05) is 18.5 Å². The lowest BCUT2D eigenvalue weighted by molar-refractivity contribution is -0.118. The molecule has 1 aliphatic rings. The predicted molar refractivity (Wildman–Crippen MR) is 70.4 cm³/mol. The van der Waals surface area contributed by atoms with Gasteiger partial charge in [0.2, 0.25) is 5.91 Å². The first-order valence-corrected chi connectivity index (χ1v) is 6.61. The second-order valence-corrected chi connectivity index (χ2v) is 4.91. The predicted octanol–water partition coefficient (Wildman–Crippen LogP) is 2.72. The molecular weight excluding hydrogens is 274 g/mol. The molecule has 0 aliphatic carbocycles. The van der Waals surface area contributed by atoms with E-state index in [0.717, 1.165) is 25.1 Å². The van der Waals surface area contributed by atoms with Gasteiger partial charge in [-0.05, 0) is 25.5 Å². The molecule has 1 amide bonds. The zero-order valence-electron chi connectivity index (χ0n) is 10.5. The number of hydrogen-bond acceptors (Lipinski definition) is 2. The summed E-state index contributed by atoms with van der Waals surface area (Å²) >= 11 is 5.84. The average molecular weight is 289 g/mol. The van der Waals surface area contributed by atoms with Crippen molar-refractivity contribution in [2.24, 2.45) is 0 Å². The fraction of sp³-hybridized carbons (Fsp3) is 0.462. The van der Waals surface area contributed by atoms with Gasteiger partial charge in [0, 0.05) is 12.6 Å². The smallest absolute Gasteiger partial charge is 0.244 e. The molecule has 1 aliphatic heterocycles. The molecule has 19 heavy (non-hydrogen) atoms. The summed E-state index contributed by atoms with van der Waals surface area (Å²) in [5, 5.41) is 3.02. The van der Waals surface area contributed by atoms with Gasteiger partial charge in [0.05, 0.1) is 16.8 Å². The van der Waals surface area contributed by atoms with E-state index >= 15 is 0 Å². The van der Waals surface area contributed by atoms with Crippen LogP contribution in [0, 0.1) is 11.6 Å². The average Bonchev–Trinajstić information content (AvgIpc) is 2.68. The second kappa shape index (κ2) is 5.84. The third-order valence-electron chi connectivity index (χ3n) is 3.10. The number of amides is 1. The van der Waals surface area contributed by atoms with Crippen LogP contribution in [-0.4, -0.2) is 25.0 Å². The SMILES string of the molecule is CCCNC1CCN(c2c(F)cc(F)cc2Cl)C1=O. The number of nitrogens with one attached hydrogen (secondary N) is 1. The lowest BCUT2D eigenvalue weighted by Crippen LogP contribution is -2.39. The zero-order valence-corrected chi connectivity index (χ0v) is 11.3. The highest BCUT2D eigenvalue weighted by Gasteiger charge is 2.34. The first kappa shape index (κ1) is 14.2. The Labute approximate surface area is 115 Å². The van der Waals surface area contributed by atoms with Crippen molar-refractivity contribution >= 4 is 23.2 Å². The fourth-order valence-corrected chi connectivity index (χ4v) is 2.50. The van der Waals surface area contributed by atoms with Crippen LogP contribution in [0.2, 0.25) is 5.02 Å². The molecular formula is C13H15ClF2N2O. The fourth-order valence-electron chi connectivity index (χ4n) is 2.20. The second-order valence-electron chi connectivity index (χ2n) is 4.50. The maximum Gasteiger partial charge on any atom is 0.244 e. The van der Waals surface area contributed by atoms with Crippen LogP contribution in [0.3, 0.4) is 0 Å². The van der Waals surface area contributed by atoms with Crippen LogP contribution in [-0.2, 0) is 4.79 Å². The third kappa shape index (κ3) is 2.87. The normalized spacial score (nSPS) is 19.3. The van der Waals surface area contributed by atoms with E-state index in [1.54, 1.807) is 0 Å². The van der Waals surface area contributed by atoms with E-state index in [0.29, 0.717) is 13.0 Å². The summed E-state index contributed by atoms with van der Waals surface area (Å²) in [6.07, 6.45) is 1.50. The molecule has 0 bridgehead atoms. The number of halogens is 3. The molecule has 104 valence electrons. The Hall–Kier alpha value is -1.20. The number of hydrogen-bond donors (Lipinski definition) is 1. The van der Waals surface area contributed by atoms with Crippen molar-refractivity contribution in [3.05, 3.63) is 28.8 Å². The van der Waals surface area contributed by atoms with Crippen LogP contribution in [0.5, 0.6) is 0 Å². The van der Waals surface area contributed by atoms with Crippen LogP contribution in [0.15, 0.2) is 12.1 Å². The molecule has 1 unspecified atom stereocenters. The van der Waals surface area contributed by atoms with Crippen LogP contribution in [0.1, 0.15) is 19.8 Å². The number of nitrogens with zero attached hydrogens (tertiary/aromatic N) is 1. The van der Waals surface area contributed by atoms with Gasteiger partial charge in [0.15, 0.2) is 5.82 Å². The van der Waals surface area contributed by atoms with Gasteiger partial charge in [0.25, 0.3) is 0 Å². The molecule has 1 fully saturated rings. The highest BCUT2D eigenvalue weighted by atomic mass is 35.5. The summed E-state index contributed by atoms with van der Waals surface area (Å²) in [4.78, 5) is 13.4. The van der Waals surface area contributed by atoms with Crippen molar-refractivity contribution in [1.82, 2.24) is 5.32 Å². The largest absolute Gasteiger partial charge is 0.307 e. The summed E-state index contributed by atoms with van der Waals surface area (Å²) in [6.45, 7) is 3.10. The molecule has 1 saturated heterocycles. The molecule has 3 nitrogen and oxygen atoms in total. The monoisotopic (exact) mass is 288 g/mol. The minimum Gasteiger partial charge on any atom is -0.307 e. The number of carbonyl (C=O) groups excluding carboxylic acids is 1. The van der Waals surface area contributed by atoms with E-state index in [1.165, 1.54) is 4.90 Å². The Kier molecular flexibility index (Phi) is 4.37. The standard InChI is InChI=1S/C13H15ClF2N2O/c1-2-4-17-11-3-5-18(13(11)19)12-9(14)6-8(15)7-10(12)16/h6-7,11,17H,2-5H2,1H3. The number of carbonyl (C=O) groups is 1. The van der Waals surface area contributed by atoms with Crippen molar-refractivity contribution in [3.63, 3.8) is 0 Å². The highest BCUT2D eigenvalue weighted by Crippen LogP contribution is 2.32. The van der Waals surface area contributed by atoms with Gasteiger partial charge in [-0.2, -0.15) is 0 Å². The van der Waals surface area contributed by atoms with Crippen molar-refractivity contribution in [2.75, 3.05) is 18.0 Å². The molecule has 0 spiro atoms. The van der Waals surface area contributed by atoms with Gasteiger partial charge in [-0.25, -0.2) is 8.78 Å². The quantitative estimate of drug-likeness (QED) is 0.924. The Balaban J connectivity index is 2.22. The lowest BCUT2D eigenvalue weighted by atomic mass is 10.2. The molecule has 0 aromatic heterocycles. The van der Waals surface area contributed by atoms with Crippen LogP contribution in [0.25, 0.3) is 0 Å². The van der Waals surface area contributed by atoms with Gasteiger partial charge in [0.1, 0.15) is 5.82 Å². The van der Waals surface area contributed by atoms with E-state index in [9.17, 15) is 13.6 Å². The van der Waals surface area contributed by atoms with Crippen molar-refractivity contribution in [2.45, 2.75) is 25.8 Å². The summed E-state index contributed by atoms with van der Waals surface area (Å²) in [5.74, 6) is -1.78. The van der Waals surface area contributed by atoms with Gasteiger partial charge >= 0.3 is 0 Å². The topological polar surface area (TPSA) is 32.3 Å². The maximum atomic E-state index is 13.8. The maximum absolute atomic E-state index is 13.8. The minimum absolute atomic E-state index is 0.0335. The van der Waals surface area contributed by atoms with E-state index < -0.39 is 11.6 Å².